The van der Waals surface area contributed by atoms with E-state index in [2.05, 4.69) is 20.3 Å². The molecule has 0 saturated carbocycles. The molecule has 1 aromatic carbocycles. The van der Waals surface area contributed by atoms with Gasteiger partial charge in [0.25, 0.3) is 11.5 Å². The summed E-state index contributed by atoms with van der Waals surface area (Å²) in [5.74, 6) is -0.702. The van der Waals surface area contributed by atoms with Gasteiger partial charge in [0.2, 0.25) is 5.91 Å². The number of amides is 2. The fraction of sp³-hybridized carbons (Fsp3) is 0.200. The minimum Gasteiger partial charge on any atom is -0.353 e. The molecule has 4 rings (SSSR count). The molecule has 0 spiro atoms. The van der Waals surface area contributed by atoms with Crippen molar-refractivity contribution in [3.8, 4) is 11.3 Å². The molecule has 2 aromatic heterocycles. The van der Waals surface area contributed by atoms with E-state index in [9.17, 15) is 14.4 Å². The third-order valence-electron chi connectivity index (χ3n) is 4.78. The highest BCUT2D eigenvalue weighted by Crippen LogP contribution is 2.17. The first-order valence-electron chi connectivity index (χ1n) is 8.98. The summed E-state index contributed by atoms with van der Waals surface area (Å²) in [7, 11) is 0. The predicted molar refractivity (Wildman–Crippen MR) is 103 cm³/mol. The van der Waals surface area contributed by atoms with Crippen molar-refractivity contribution in [3.63, 3.8) is 0 Å². The predicted octanol–water partition coefficient (Wildman–Crippen LogP) is 0.948. The second-order valence-corrected chi connectivity index (χ2v) is 6.57. The van der Waals surface area contributed by atoms with Gasteiger partial charge in [-0.15, -0.1) is 0 Å². The topological polar surface area (TPSA) is 111 Å². The van der Waals surface area contributed by atoms with E-state index < -0.39 is 17.5 Å². The van der Waals surface area contributed by atoms with Crippen LogP contribution in [0.2, 0.25) is 0 Å². The standard InChI is InChI=1S/C20H19N5O3/c26-18-15(6-7-16(24-18)13-4-2-1-3-5-13)20(28)25-9-8-22-19(27)17(25)10-14-11-21-12-23-14/h1-7,11-12,17H,8-10H2,(H,21,23)(H,22,27)(H,24,26)/t17-/m0/s1. The molecular weight excluding hydrogens is 358 g/mol. The van der Waals surface area contributed by atoms with Gasteiger partial charge in [0.15, 0.2) is 0 Å². The third kappa shape index (κ3) is 3.44. The second kappa shape index (κ2) is 7.51. The van der Waals surface area contributed by atoms with Crippen molar-refractivity contribution in [1.29, 1.82) is 0 Å². The highest BCUT2D eigenvalue weighted by molar-refractivity contribution is 5.98. The van der Waals surface area contributed by atoms with Gasteiger partial charge in [0.05, 0.1) is 6.33 Å². The van der Waals surface area contributed by atoms with E-state index in [0.29, 0.717) is 25.2 Å². The van der Waals surface area contributed by atoms with Crippen LogP contribution >= 0.6 is 0 Å². The lowest BCUT2D eigenvalue weighted by Crippen LogP contribution is -2.58. The summed E-state index contributed by atoms with van der Waals surface area (Å²) < 4.78 is 0. The molecule has 3 aromatic rings. The Hall–Kier alpha value is -3.68. The van der Waals surface area contributed by atoms with Gasteiger partial charge in [0, 0.05) is 37.1 Å². The van der Waals surface area contributed by atoms with Gasteiger partial charge in [-0.25, -0.2) is 4.98 Å². The number of pyridine rings is 1. The first-order chi connectivity index (χ1) is 13.6. The maximum atomic E-state index is 13.1. The Kier molecular flexibility index (Phi) is 4.76. The minimum atomic E-state index is -0.699. The van der Waals surface area contributed by atoms with Crippen molar-refractivity contribution in [2.45, 2.75) is 12.5 Å². The highest BCUT2D eigenvalue weighted by Gasteiger charge is 2.34. The van der Waals surface area contributed by atoms with Crippen LogP contribution in [-0.2, 0) is 11.2 Å². The number of H-pyrrole nitrogens is 2. The van der Waals surface area contributed by atoms with Crippen molar-refractivity contribution >= 4 is 11.8 Å². The first kappa shape index (κ1) is 17.7. The Morgan fingerprint density at radius 2 is 1.96 bits per heavy atom. The number of hydrogen-bond donors (Lipinski definition) is 3. The molecule has 142 valence electrons. The SMILES string of the molecule is O=C1NCCN(C(=O)c2ccc(-c3ccccc3)[nH]c2=O)[C@H]1Cc1cnc[nH]1. The Labute approximate surface area is 160 Å². The number of nitrogens with zero attached hydrogens (tertiary/aromatic N) is 2. The van der Waals surface area contributed by atoms with Gasteiger partial charge < -0.3 is 20.2 Å². The number of carbonyl (C=O) groups is 2. The molecule has 3 heterocycles. The number of nitrogens with one attached hydrogen (secondary N) is 3. The zero-order valence-electron chi connectivity index (χ0n) is 15.0. The van der Waals surface area contributed by atoms with Crippen LogP contribution in [0.5, 0.6) is 0 Å². The van der Waals surface area contributed by atoms with E-state index in [0.717, 1.165) is 11.3 Å². The molecule has 0 bridgehead atoms. The van der Waals surface area contributed by atoms with E-state index in [1.54, 1.807) is 12.3 Å². The molecule has 1 aliphatic rings. The van der Waals surface area contributed by atoms with E-state index in [1.165, 1.54) is 17.3 Å². The smallest absolute Gasteiger partial charge is 0.261 e. The number of aromatic nitrogens is 3. The molecule has 28 heavy (non-hydrogen) atoms. The molecule has 0 unspecified atom stereocenters. The van der Waals surface area contributed by atoms with Gasteiger partial charge in [-0.05, 0) is 17.7 Å². The number of aromatic amines is 2. The molecule has 1 aliphatic heterocycles. The van der Waals surface area contributed by atoms with Crippen LogP contribution in [-0.4, -0.2) is 50.8 Å². The maximum absolute atomic E-state index is 13.1. The molecular formula is C20H19N5O3. The van der Waals surface area contributed by atoms with Crippen LogP contribution in [0.15, 0.2) is 59.8 Å². The van der Waals surface area contributed by atoms with Gasteiger partial charge in [-0.3, -0.25) is 14.4 Å². The van der Waals surface area contributed by atoms with Crippen LogP contribution in [0.3, 0.4) is 0 Å². The first-order valence-corrected chi connectivity index (χ1v) is 8.98. The molecule has 8 heteroatoms. The summed E-state index contributed by atoms with van der Waals surface area (Å²) >= 11 is 0. The number of rotatable bonds is 4. The average Bonchev–Trinajstić information content (AvgIpc) is 3.23. The lowest BCUT2D eigenvalue weighted by atomic mass is 10.0. The van der Waals surface area contributed by atoms with Crippen molar-refractivity contribution in [2.75, 3.05) is 13.1 Å². The zero-order valence-corrected chi connectivity index (χ0v) is 15.0. The fourth-order valence-corrected chi connectivity index (χ4v) is 3.35. The fourth-order valence-electron chi connectivity index (χ4n) is 3.35. The van der Waals surface area contributed by atoms with Crippen molar-refractivity contribution in [2.24, 2.45) is 0 Å². The second-order valence-electron chi connectivity index (χ2n) is 6.57. The molecule has 0 radical (unpaired) electrons. The van der Waals surface area contributed by atoms with Crippen LogP contribution in [0.25, 0.3) is 11.3 Å². The van der Waals surface area contributed by atoms with Gasteiger partial charge >= 0.3 is 0 Å². The summed E-state index contributed by atoms with van der Waals surface area (Å²) in [6.07, 6.45) is 3.44. The van der Waals surface area contributed by atoms with Crippen molar-refractivity contribution in [3.05, 3.63) is 76.6 Å². The van der Waals surface area contributed by atoms with Gasteiger partial charge in [-0.1, -0.05) is 30.3 Å². The lowest BCUT2D eigenvalue weighted by Gasteiger charge is -2.34. The quantitative estimate of drug-likeness (QED) is 0.628. The summed E-state index contributed by atoms with van der Waals surface area (Å²) in [6, 6.07) is 11.9. The number of carbonyl (C=O) groups excluding carboxylic acids is 2. The van der Waals surface area contributed by atoms with Crippen LogP contribution < -0.4 is 10.9 Å². The third-order valence-corrected chi connectivity index (χ3v) is 4.78. The Morgan fingerprint density at radius 1 is 1.14 bits per heavy atom. The van der Waals surface area contributed by atoms with E-state index in [1.807, 2.05) is 30.3 Å². The van der Waals surface area contributed by atoms with Gasteiger partial charge in [-0.2, -0.15) is 0 Å². The average molecular weight is 377 g/mol. The Balaban J connectivity index is 1.62. The summed E-state index contributed by atoms with van der Waals surface area (Å²) in [5, 5.41) is 2.77. The zero-order chi connectivity index (χ0) is 19.5. The number of piperazine rings is 1. The normalized spacial score (nSPS) is 16.6. The monoisotopic (exact) mass is 377 g/mol. The molecule has 1 atom stereocenters. The summed E-state index contributed by atoms with van der Waals surface area (Å²) in [6.45, 7) is 0.688. The van der Waals surface area contributed by atoms with E-state index in [-0.39, 0.29) is 11.5 Å². The molecule has 1 fully saturated rings. The minimum absolute atomic E-state index is 0.0176. The Morgan fingerprint density at radius 3 is 2.68 bits per heavy atom. The largest absolute Gasteiger partial charge is 0.353 e. The van der Waals surface area contributed by atoms with Crippen molar-refractivity contribution < 1.29 is 9.59 Å². The van der Waals surface area contributed by atoms with Crippen LogP contribution in [0, 0.1) is 0 Å². The number of benzene rings is 1. The molecule has 3 N–H and O–H groups in total. The highest BCUT2D eigenvalue weighted by atomic mass is 16.2. The summed E-state index contributed by atoms with van der Waals surface area (Å²) in [4.78, 5) is 49.1. The van der Waals surface area contributed by atoms with Crippen LogP contribution in [0.1, 0.15) is 16.1 Å². The lowest BCUT2D eigenvalue weighted by molar-refractivity contribution is -0.127. The Bertz CT molecular complexity index is 1040. The summed E-state index contributed by atoms with van der Waals surface area (Å²) in [5.41, 5.74) is 1.77. The van der Waals surface area contributed by atoms with E-state index in [4.69, 9.17) is 0 Å². The maximum Gasteiger partial charge on any atom is 0.261 e. The number of hydrogen-bond acceptors (Lipinski definition) is 4. The van der Waals surface area contributed by atoms with Crippen molar-refractivity contribution in [1.82, 2.24) is 25.2 Å². The number of imidazole rings is 1. The van der Waals surface area contributed by atoms with E-state index >= 15 is 0 Å². The molecule has 2 amide bonds. The van der Waals surface area contributed by atoms with Crippen LogP contribution in [0.4, 0.5) is 0 Å². The molecule has 8 nitrogen and oxygen atoms in total. The van der Waals surface area contributed by atoms with Gasteiger partial charge in [0.1, 0.15) is 11.6 Å². The molecule has 0 aliphatic carbocycles. The molecule has 1 saturated heterocycles.